The minimum atomic E-state index is -1.28. The maximum absolute atomic E-state index is 11.7. The number of hydrogen-bond acceptors (Lipinski definition) is 2. The summed E-state index contributed by atoms with van der Waals surface area (Å²) in [7, 11) is 1.40. The predicted molar refractivity (Wildman–Crippen MR) is 49.1 cm³/mol. The molecule has 4 nitrogen and oxygen atoms in total. The molecule has 14 heavy (non-hydrogen) atoms. The summed E-state index contributed by atoms with van der Waals surface area (Å²) in [5.74, 6) is -2.23. The number of benzene rings is 1. The molecule has 0 unspecified atom stereocenters. The number of nitrogens with zero attached hydrogens (tertiary/aromatic N) is 1. The molecule has 0 aromatic heterocycles. The van der Waals surface area contributed by atoms with Crippen molar-refractivity contribution in [1.29, 1.82) is 0 Å². The van der Waals surface area contributed by atoms with Crippen molar-refractivity contribution in [2.75, 3.05) is 11.9 Å². The van der Waals surface area contributed by atoms with Crippen molar-refractivity contribution in [1.82, 2.24) is 5.54 Å². The fourth-order valence-electron chi connectivity index (χ4n) is 0.962. The van der Waals surface area contributed by atoms with E-state index in [9.17, 15) is 14.1 Å². The molecule has 74 valence electrons. The number of carbonyl (C=O) groups excluding carboxylic acids is 2. The van der Waals surface area contributed by atoms with Gasteiger partial charge in [-0.15, -0.1) is 0 Å². The number of amides is 2. The van der Waals surface area contributed by atoms with Gasteiger partial charge in [0, 0.05) is 12.7 Å². The van der Waals surface area contributed by atoms with Crippen LogP contribution in [0, 0.1) is 0 Å². The van der Waals surface area contributed by atoms with Crippen LogP contribution in [-0.2, 0) is 9.59 Å². The summed E-state index contributed by atoms with van der Waals surface area (Å²) >= 11 is 0. The normalized spacial score (nSPS) is 9.29. The van der Waals surface area contributed by atoms with E-state index in [1.807, 2.05) is 0 Å². The fraction of sp³-hybridized carbons (Fsp3) is 0.111. The zero-order chi connectivity index (χ0) is 10.6. The van der Waals surface area contributed by atoms with Gasteiger partial charge in [0.1, 0.15) is 0 Å². The number of anilines is 1. The van der Waals surface area contributed by atoms with Crippen LogP contribution in [0.15, 0.2) is 30.3 Å². The molecule has 0 radical (unpaired) electrons. The summed E-state index contributed by atoms with van der Waals surface area (Å²) in [5, 5.41) is 0. The third-order valence-corrected chi connectivity index (χ3v) is 1.73. The fourth-order valence-corrected chi connectivity index (χ4v) is 0.962. The molecule has 2 amide bonds. The number of para-hydroxylation sites is 1. The number of carbonyl (C=O) groups is 2. The van der Waals surface area contributed by atoms with E-state index in [1.165, 1.54) is 7.05 Å². The summed E-state index contributed by atoms with van der Waals surface area (Å²) in [5.41, 5.74) is 1.31. The molecule has 1 N–H and O–H groups in total. The standard InChI is InChI=1S/C9H9FN2O2/c1-12(9(14)8(13)11-10)7-5-3-2-4-6-7/h2-6H,1H3,(H,11,13). The highest BCUT2D eigenvalue weighted by Gasteiger charge is 2.19. The highest BCUT2D eigenvalue weighted by atomic mass is 19.2. The van der Waals surface area contributed by atoms with Crippen molar-refractivity contribution in [3.8, 4) is 0 Å². The van der Waals surface area contributed by atoms with Crippen LogP contribution in [-0.4, -0.2) is 18.9 Å². The lowest BCUT2D eigenvalue weighted by atomic mass is 10.3. The maximum atomic E-state index is 11.7. The van der Waals surface area contributed by atoms with Gasteiger partial charge in [0.2, 0.25) is 0 Å². The quantitative estimate of drug-likeness (QED) is 0.529. The van der Waals surface area contributed by atoms with Gasteiger partial charge >= 0.3 is 11.8 Å². The average molecular weight is 196 g/mol. The number of halogens is 1. The van der Waals surface area contributed by atoms with Gasteiger partial charge in [-0.05, 0) is 12.1 Å². The molecule has 0 saturated heterocycles. The van der Waals surface area contributed by atoms with Gasteiger partial charge in [0.25, 0.3) is 0 Å². The van der Waals surface area contributed by atoms with E-state index in [-0.39, 0.29) is 0 Å². The smallest absolute Gasteiger partial charge is 0.307 e. The molecular weight excluding hydrogens is 187 g/mol. The lowest BCUT2D eigenvalue weighted by molar-refractivity contribution is -0.140. The van der Waals surface area contributed by atoms with Crippen molar-refractivity contribution in [2.45, 2.75) is 0 Å². The third kappa shape index (κ3) is 2.07. The van der Waals surface area contributed by atoms with Gasteiger partial charge < -0.3 is 4.90 Å². The van der Waals surface area contributed by atoms with Crippen LogP contribution in [0.2, 0.25) is 0 Å². The maximum Gasteiger partial charge on any atom is 0.337 e. The Bertz CT molecular complexity index is 340. The molecule has 0 heterocycles. The average Bonchev–Trinajstić information content (AvgIpc) is 2.27. The highest BCUT2D eigenvalue weighted by molar-refractivity contribution is 6.39. The summed E-state index contributed by atoms with van der Waals surface area (Å²) in [6, 6.07) is 8.49. The van der Waals surface area contributed by atoms with Gasteiger partial charge in [-0.3, -0.25) is 9.59 Å². The van der Waals surface area contributed by atoms with E-state index < -0.39 is 11.8 Å². The van der Waals surface area contributed by atoms with Crippen LogP contribution in [0.1, 0.15) is 0 Å². The lowest BCUT2D eigenvalue weighted by Crippen LogP contribution is -2.38. The number of rotatable bonds is 1. The molecule has 0 saturated carbocycles. The molecule has 0 fully saturated rings. The van der Waals surface area contributed by atoms with E-state index in [0.29, 0.717) is 5.69 Å². The molecule has 1 rings (SSSR count). The van der Waals surface area contributed by atoms with Crippen LogP contribution in [0.4, 0.5) is 10.2 Å². The van der Waals surface area contributed by atoms with Crippen LogP contribution < -0.4 is 10.4 Å². The van der Waals surface area contributed by atoms with Gasteiger partial charge in [-0.1, -0.05) is 22.7 Å². The van der Waals surface area contributed by atoms with Crippen molar-refractivity contribution in [3.63, 3.8) is 0 Å². The molecule has 0 aliphatic heterocycles. The SMILES string of the molecule is CN(C(=O)C(=O)NF)c1ccccc1. The largest absolute Gasteiger partial charge is 0.337 e. The van der Waals surface area contributed by atoms with Crippen LogP contribution in [0.3, 0.4) is 0 Å². The molecule has 0 aliphatic carbocycles. The summed E-state index contributed by atoms with van der Waals surface area (Å²) < 4.78 is 11.7. The molecule has 0 atom stereocenters. The first kappa shape index (κ1) is 10.2. The Morgan fingerprint density at radius 1 is 1.29 bits per heavy atom. The summed E-state index contributed by atoms with van der Waals surface area (Å²) in [6.07, 6.45) is 0. The van der Waals surface area contributed by atoms with Crippen molar-refractivity contribution >= 4 is 17.5 Å². The zero-order valence-electron chi connectivity index (χ0n) is 7.53. The second-order valence-corrected chi connectivity index (χ2v) is 2.62. The van der Waals surface area contributed by atoms with Crippen molar-refractivity contribution in [3.05, 3.63) is 30.3 Å². The van der Waals surface area contributed by atoms with Gasteiger partial charge in [-0.2, -0.15) is 5.54 Å². The third-order valence-electron chi connectivity index (χ3n) is 1.73. The molecule has 0 aliphatic rings. The zero-order valence-corrected chi connectivity index (χ0v) is 7.53. The van der Waals surface area contributed by atoms with Crippen LogP contribution >= 0.6 is 0 Å². The molecule has 0 spiro atoms. The second kappa shape index (κ2) is 4.36. The Morgan fingerprint density at radius 2 is 1.86 bits per heavy atom. The number of likely N-dealkylation sites (N-methyl/N-ethyl adjacent to an activating group) is 1. The first-order chi connectivity index (χ1) is 6.66. The molecular formula is C9H9FN2O2. The summed E-state index contributed by atoms with van der Waals surface area (Å²) in [4.78, 5) is 22.9. The molecule has 1 aromatic carbocycles. The topological polar surface area (TPSA) is 49.4 Å². The number of hydrogen-bond donors (Lipinski definition) is 1. The minimum Gasteiger partial charge on any atom is -0.307 e. The number of nitrogens with one attached hydrogen (secondary N) is 1. The Labute approximate surface area is 80.3 Å². The molecule has 1 aromatic rings. The first-order valence-corrected chi connectivity index (χ1v) is 3.90. The lowest BCUT2D eigenvalue weighted by Gasteiger charge is -2.14. The second-order valence-electron chi connectivity index (χ2n) is 2.62. The van der Waals surface area contributed by atoms with Crippen LogP contribution in [0.5, 0.6) is 0 Å². The molecule has 5 heteroatoms. The van der Waals surface area contributed by atoms with E-state index >= 15 is 0 Å². The first-order valence-electron chi connectivity index (χ1n) is 3.90. The van der Waals surface area contributed by atoms with Gasteiger partial charge in [0.05, 0.1) is 0 Å². The predicted octanol–water partition coefficient (Wildman–Crippen LogP) is 0.650. The Kier molecular flexibility index (Phi) is 3.17. The van der Waals surface area contributed by atoms with E-state index in [0.717, 1.165) is 10.4 Å². The Balaban J connectivity index is 2.81. The monoisotopic (exact) mass is 196 g/mol. The van der Waals surface area contributed by atoms with E-state index in [4.69, 9.17) is 0 Å². The molecule has 0 bridgehead atoms. The van der Waals surface area contributed by atoms with Crippen molar-refractivity contribution < 1.29 is 14.1 Å². The van der Waals surface area contributed by atoms with Crippen molar-refractivity contribution in [2.24, 2.45) is 0 Å². The highest BCUT2D eigenvalue weighted by Crippen LogP contribution is 2.10. The van der Waals surface area contributed by atoms with E-state index in [1.54, 1.807) is 30.3 Å². The van der Waals surface area contributed by atoms with Crippen LogP contribution in [0.25, 0.3) is 0 Å². The Morgan fingerprint density at radius 3 is 2.36 bits per heavy atom. The minimum absolute atomic E-state index is 0.529. The summed E-state index contributed by atoms with van der Waals surface area (Å²) in [6.45, 7) is 0. The van der Waals surface area contributed by atoms with Gasteiger partial charge in [0.15, 0.2) is 0 Å². The van der Waals surface area contributed by atoms with E-state index in [2.05, 4.69) is 0 Å². The van der Waals surface area contributed by atoms with Gasteiger partial charge in [-0.25, -0.2) is 0 Å². The Hall–Kier alpha value is -1.91.